The van der Waals surface area contributed by atoms with E-state index in [9.17, 15) is 9.59 Å². The normalized spacial score (nSPS) is 16.3. The fraction of sp³-hybridized carbons (Fsp3) is 0.412. The van der Waals surface area contributed by atoms with E-state index in [0.29, 0.717) is 17.8 Å². The van der Waals surface area contributed by atoms with E-state index in [4.69, 9.17) is 0 Å². The van der Waals surface area contributed by atoms with Crippen molar-refractivity contribution in [3.05, 3.63) is 108 Å². The lowest BCUT2D eigenvalue weighted by molar-refractivity contribution is -0.104. The minimum atomic E-state index is 0.331. The van der Waals surface area contributed by atoms with Gasteiger partial charge in [0.1, 0.15) is 6.29 Å². The lowest BCUT2D eigenvalue weighted by Gasteiger charge is -2.28. The van der Waals surface area contributed by atoms with Gasteiger partial charge in [-0.05, 0) is 88.0 Å². The Labute approximate surface area is 236 Å². The number of benzene rings is 2. The van der Waals surface area contributed by atoms with Crippen LogP contribution in [0.1, 0.15) is 52.7 Å². The summed E-state index contributed by atoms with van der Waals surface area (Å²) in [5.41, 5.74) is 10.2. The monoisotopic (exact) mass is 529 g/mol. The summed E-state index contributed by atoms with van der Waals surface area (Å²) < 4.78 is 0. The largest absolute Gasteiger partial charge is 0.333 e. The molecule has 2 aromatic carbocycles. The van der Waals surface area contributed by atoms with Gasteiger partial charge < -0.3 is 10.6 Å². The molecule has 5 heteroatoms. The van der Waals surface area contributed by atoms with Gasteiger partial charge in [-0.1, -0.05) is 73.9 Å². The Morgan fingerprint density at radius 1 is 0.974 bits per heavy atom. The average molecular weight is 530 g/mol. The topological polar surface area (TPSA) is 66.6 Å². The van der Waals surface area contributed by atoms with Crippen molar-refractivity contribution in [2.75, 3.05) is 40.3 Å². The summed E-state index contributed by atoms with van der Waals surface area (Å²) in [6.07, 6.45) is 11.7. The van der Waals surface area contributed by atoms with Crippen LogP contribution in [-0.2, 0) is 24.2 Å². The summed E-state index contributed by atoms with van der Waals surface area (Å²) in [5.74, 6) is 1.06. The Morgan fingerprint density at radius 2 is 1.64 bits per heavy atom. The molecule has 2 aliphatic rings. The number of carbonyl (C=O) groups is 2. The number of piperidine rings is 1. The molecule has 39 heavy (non-hydrogen) atoms. The summed E-state index contributed by atoms with van der Waals surface area (Å²) in [4.78, 5) is 27.7. The van der Waals surface area contributed by atoms with Crippen molar-refractivity contribution >= 4 is 12.1 Å². The molecular weight excluding hydrogens is 482 g/mol. The molecule has 0 bridgehead atoms. The standard InChI is InChI=1S/C26H34N2O.C7H8O.CH5N/c1-27-15-11-21(12-16-27)7-10-26(29)25-9-8-23-13-17-28(18-14-24(23)19-25)20-22-5-3-2-4-6-22;1-3-5-7(4-2)6-8;1-2/h2-6,8-9,19,21H,7,10-18,20H2,1H3;3-6H,1-2H2;2H2,1H3/b;7-5+;. The molecule has 4 rings (SSSR count). The Kier molecular flexibility index (Phi) is 15.0. The third-order valence-corrected chi connectivity index (χ3v) is 7.47. The van der Waals surface area contributed by atoms with Crippen LogP contribution in [0.25, 0.3) is 0 Å². The van der Waals surface area contributed by atoms with E-state index in [-0.39, 0.29) is 0 Å². The zero-order valence-electron chi connectivity index (χ0n) is 24.0. The third kappa shape index (κ3) is 11.3. The number of allylic oxidation sites excluding steroid dienone is 4. The molecule has 0 radical (unpaired) electrons. The van der Waals surface area contributed by atoms with E-state index in [1.54, 1.807) is 12.2 Å². The number of hydrogen-bond donors (Lipinski definition) is 1. The van der Waals surface area contributed by atoms with Crippen LogP contribution < -0.4 is 5.73 Å². The quantitative estimate of drug-likeness (QED) is 0.197. The van der Waals surface area contributed by atoms with Crippen LogP contribution in [0.5, 0.6) is 0 Å². The van der Waals surface area contributed by atoms with Gasteiger partial charge >= 0.3 is 0 Å². The minimum Gasteiger partial charge on any atom is -0.333 e. The van der Waals surface area contributed by atoms with Crippen molar-refractivity contribution in [1.29, 1.82) is 0 Å². The van der Waals surface area contributed by atoms with Crippen molar-refractivity contribution in [2.24, 2.45) is 11.7 Å². The first-order valence-corrected chi connectivity index (χ1v) is 14.1. The van der Waals surface area contributed by atoms with E-state index in [2.05, 4.69) is 84.3 Å². The molecule has 0 atom stereocenters. The maximum Gasteiger partial charge on any atom is 0.162 e. The van der Waals surface area contributed by atoms with Gasteiger partial charge in [-0.2, -0.15) is 0 Å². The first-order valence-electron chi connectivity index (χ1n) is 14.1. The third-order valence-electron chi connectivity index (χ3n) is 7.47. The highest BCUT2D eigenvalue weighted by Crippen LogP contribution is 2.24. The first-order chi connectivity index (χ1) is 19.0. The van der Waals surface area contributed by atoms with Gasteiger partial charge in [0.05, 0.1) is 0 Å². The maximum absolute atomic E-state index is 12.8. The predicted molar refractivity (Wildman–Crippen MR) is 164 cm³/mol. The zero-order valence-corrected chi connectivity index (χ0v) is 24.0. The number of Topliss-reactive ketones (excluding diaryl/α,β-unsaturated/α-hetero) is 1. The Balaban J connectivity index is 0.000000460. The van der Waals surface area contributed by atoms with E-state index >= 15 is 0 Å². The molecule has 0 spiro atoms. The van der Waals surface area contributed by atoms with Crippen LogP contribution in [0, 0.1) is 5.92 Å². The second kappa shape index (κ2) is 18.2. The van der Waals surface area contributed by atoms with E-state index in [0.717, 1.165) is 56.7 Å². The highest BCUT2D eigenvalue weighted by Gasteiger charge is 2.19. The number of nitrogens with zero attached hydrogens (tertiary/aromatic N) is 2. The van der Waals surface area contributed by atoms with Crippen LogP contribution in [-0.4, -0.2) is 62.1 Å². The van der Waals surface area contributed by atoms with Crippen molar-refractivity contribution in [3.8, 4) is 0 Å². The summed E-state index contributed by atoms with van der Waals surface area (Å²) in [7, 11) is 3.69. The molecule has 0 saturated carbocycles. The van der Waals surface area contributed by atoms with Crippen molar-refractivity contribution in [3.63, 3.8) is 0 Å². The number of nitrogens with two attached hydrogens (primary N) is 1. The molecule has 0 unspecified atom stereocenters. The van der Waals surface area contributed by atoms with Gasteiger partial charge in [0.25, 0.3) is 0 Å². The summed E-state index contributed by atoms with van der Waals surface area (Å²) >= 11 is 0. The Bertz CT molecular complexity index is 1060. The van der Waals surface area contributed by atoms with Crippen LogP contribution in [0.3, 0.4) is 0 Å². The smallest absolute Gasteiger partial charge is 0.162 e. The number of fused-ring (bicyclic) bond motifs is 1. The van der Waals surface area contributed by atoms with Crippen molar-refractivity contribution in [2.45, 2.75) is 45.1 Å². The molecule has 1 saturated heterocycles. The lowest BCUT2D eigenvalue weighted by Crippen LogP contribution is -2.30. The molecular formula is C34H47N3O2. The molecule has 2 N–H and O–H groups in total. The van der Waals surface area contributed by atoms with Gasteiger partial charge in [-0.15, -0.1) is 0 Å². The van der Waals surface area contributed by atoms with E-state index < -0.39 is 0 Å². The van der Waals surface area contributed by atoms with Crippen LogP contribution in [0.2, 0.25) is 0 Å². The number of likely N-dealkylation sites (tertiary alicyclic amines) is 1. The molecule has 210 valence electrons. The van der Waals surface area contributed by atoms with Crippen LogP contribution in [0.4, 0.5) is 0 Å². The number of ketones is 1. The summed E-state index contributed by atoms with van der Waals surface area (Å²) in [6, 6.07) is 17.2. The summed E-state index contributed by atoms with van der Waals surface area (Å²) in [5, 5.41) is 0. The second-order valence-electron chi connectivity index (χ2n) is 10.2. The number of rotatable bonds is 9. The van der Waals surface area contributed by atoms with Crippen molar-refractivity contribution < 1.29 is 9.59 Å². The average Bonchev–Trinajstić information content (AvgIpc) is 3.19. The highest BCUT2D eigenvalue weighted by atomic mass is 16.1. The number of aldehydes is 1. The molecule has 2 aliphatic heterocycles. The fourth-order valence-electron chi connectivity index (χ4n) is 5.07. The highest BCUT2D eigenvalue weighted by molar-refractivity contribution is 5.96. The Hall–Kier alpha value is -3.12. The maximum atomic E-state index is 12.8. The Morgan fingerprint density at radius 3 is 2.23 bits per heavy atom. The van der Waals surface area contributed by atoms with Gasteiger partial charge in [0, 0.05) is 37.2 Å². The molecule has 0 aromatic heterocycles. The number of hydrogen-bond acceptors (Lipinski definition) is 5. The van der Waals surface area contributed by atoms with Crippen LogP contribution >= 0.6 is 0 Å². The second-order valence-corrected chi connectivity index (χ2v) is 10.2. The molecule has 1 fully saturated rings. The zero-order chi connectivity index (χ0) is 28.5. The molecule has 2 aromatic rings. The molecule has 0 aliphatic carbocycles. The minimum absolute atomic E-state index is 0.331. The first kappa shape index (κ1) is 32.1. The van der Waals surface area contributed by atoms with Gasteiger partial charge in [-0.3, -0.25) is 14.5 Å². The lowest BCUT2D eigenvalue weighted by atomic mass is 9.90. The fourth-order valence-corrected chi connectivity index (χ4v) is 5.07. The van der Waals surface area contributed by atoms with Crippen LogP contribution in [0.15, 0.2) is 85.5 Å². The number of carbonyl (C=O) groups excluding carboxylic acids is 2. The molecule has 5 nitrogen and oxygen atoms in total. The van der Waals surface area contributed by atoms with Crippen molar-refractivity contribution in [1.82, 2.24) is 9.80 Å². The van der Waals surface area contributed by atoms with E-state index in [1.165, 1.54) is 55.7 Å². The van der Waals surface area contributed by atoms with E-state index in [1.807, 2.05) is 0 Å². The molecule has 2 heterocycles. The summed E-state index contributed by atoms with van der Waals surface area (Å²) in [6.45, 7) is 12.3. The SMILES string of the molecule is C=C/C=C(\C=C)C=O.CN.CN1CCC(CCC(=O)c2ccc3c(c2)CCN(Cc2ccccc2)CC3)CC1. The van der Waals surface area contributed by atoms with Gasteiger partial charge in [0.15, 0.2) is 5.78 Å². The van der Waals surface area contributed by atoms with Gasteiger partial charge in [0.2, 0.25) is 0 Å². The molecule has 0 amide bonds. The predicted octanol–water partition coefficient (Wildman–Crippen LogP) is 5.65. The van der Waals surface area contributed by atoms with Gasteiger partial charge in [-0.25, -0.2) is 0 Å².